The summed E-state index contributed by atoms with van der Waals surface area (Å²) in [5.74, 6) is 8.21. The summed E-state index contributed by atoms with van der Waals surface area (Å²) in [6.45, 7) is 24.7. The average molecular weight is 982 g/mol. The summed E-state index contributed by atoms with van der Waals surface area (Å²) in [6, 6.07) is 53.6. The van der Waals surface area contributed by atoms with Crippen molar-refractivity contribution in [2.75, 3.05) is 21.3 Å². The van der Waals surface area contributed by atoms with Gasteiger partial charge in [0.15, 0.2) is 0 Å². The molecule has 3 saturated carbocycles. The van der Waals surface area contributed by atoms with Crippen LogP contribution in [-0.4, -0.2) is 21.3 Å². The number of aryl methyl sites for hydroxylation is 2. The van der Waals surface area contributed by atoms with Gasteiger partial charge in [0.05, 0.1) is 21.3 Å². The topological polar surface area (TPSA) is 50.8 Å². The molecule has 3 aliphatic rings. The van der Waals surface area contributed by atoms with Crippen LogP contribution in [0.1, 0.15) is 152 Å². The molecule has 6 aromatic rings. The van der Waals surface area contributed by atoms with Crippen molar-refractivity contribution in [1.29, 1.82) is 0 Å². The molecule has 382 valence electrons. The summed E-state index contributed by atoms with van der Waals surface area (Å²) < 4.78 is 14.9. The van der Waals surface area contributed by atoms with Crippen LogP contribution in [0.5, 0.6) is 23.0 Å². The second-order valence-corrected chi connectivity index (χ2v) is 16.0. The van der Waals surface area contributed by atoms with Crippen molar-refractivity contribution in [1.82, 2.24) is 0 Å². The quantitative estimate of drug-likeness (QED) is 0.150. The predicted molar refractivity (Wildman–Crippen MR) is 303 cm³/mol. The molecule has 3 fully saturated rings. The maximum absolute atomic E-state index is 10.3. The van der Waals surface area contributed by atoms with Crippen molar-refractivity contribution < 1.29 is 70.7 Å². The van der Waals surface area contributed by atoms with E-state index in [1.807, 2.05) is 134 Å². The number of ether oxygens (including phenoxy) is 3. The van der Waals surface area contributed by atoms with E-state index in [-0.39, 0.29) is 64.6 Å². The van der Waals surface area contributed by atoms with Crippen molar-refractivity contribution in [2.45, 2.75) is 148 Å². The molecule has 3 aliphatic carbocycles. The van der Waals surface area contributed by atoms with Crippen LogP contribution < -0.4 is 70.7 Å². The summed E-state index contributed by atoms with van der Waals surface area (Å²) in [7, 11) is 5.01. The van der Waals surface area contributed by atoms with Gasteiger partial charge in [-0.3, -0.25) is 0 Å². The second-order valence-electron chi connectivity index (χ2n) is 16.0. The van der Waals surface area contributed by atoms with Gasteiger partial charge in [-0.2, -0.15) is 0 Å². The molecule has 0 aliphatic heterocycles. The first-order valence-corrected chi connectivity index (χ1v) is 26.0. The van der Waals surface area contributed by atoms with Crippen LogP contribution in [0.15, 0.2) is 164 Å². The number of fused-ring (bicyclic) bond motifs is 5. The third kappa shape index (κ3) is 28.3. The predicted octanol–water partition coefficient (Wildman–Crippen LogP) is 16.0. The number of hydrogen-bond donors (Lipinski definition) is 0. The van der Waals surface area contributed by atoms with Crippen molar-refractivity contribution in [3.8, 4) is 34.1 Å². The number of para-hydroxylation sites is 3. The Morgan fingerprint density at radius 2 is 0.757 bits per heavy atom. The Kier molecular flexibility index (Phi) is 46.5. The zero-order valence-corrected chi connectivity index (χ0v) is 49.4. The van der Waals surface area contributed by atoms with Gasteiger partial charge in [0, 0.05) is 0 Å². The zero-order chi connectivity index (χ0) is 51.0. The van der Waals surface area contributed by atoms with E-state index in [0.29, 0.717) is 5.92 Å². The minimum atomic E-state index is 0. The smallest absolute Gasteiger partial charge is 0.872 e. The Bertz CT molecular complexity index is 1870. The van der Waals surface area contributed by atoms with E-state index in [2.05, 4.69) is 88.4 Å². The van der Waals surface area contributed by atoms with Crippen molar-refractivity contribution >= 4 is 0 Å². The fourth-order valence-corrected chi connectivity index (χ4v) is 8.41. The van der Waals surface area contributed by atoms with Gasteiger partial charge in [0.2, 0.25) is 0 Å². The molecule has 0 amide bonds. The molecule has 0 heterocycles. The summed E-state index contributed by atoms with van der Waals surface area (Å²) in [4.78, 5) is 0. The van der Waals surface area contributed by atoms with Gasteiger partial charge in [-0.1, -0.05) is 224 Å². The Balaban J connectivity index is -0.000000757. The fourth-order valence-electron chi connectivity index (χ4n) is 8.41. The zero-order valence-electron chi connectivity index (χ0n) is 46.3. The number of rotatable bonds is 7. The first-order valence-electron chi connectivity index (χ1n) is 26.0. The summed E-state index contributed by atoms with van der Waals surface area (Å²) in [5.41, 5.74) is 6.76. The molecular weight excluding hydrogens is 884 g/mol. The van der Waals surface area contributed by atoms with E-state index >= 15 is 0 Å². The van der Waals surface area contributed by atoms with Gasteiger partial charge in [0.25, 0.3) is 0 Å². The molecule has 0 N–H and O–H groups in total. The minimum Gasteiger partial charge on any atom is -0.872 e. The summed E-state index contributed by atoms with van der Waals surface area (Å²) in [6.07, 6.45) is 11.7. The van der Waals surface area contributed by atoms with Gasteiger partial charge < -0.3 is 19.3 Å². The monoisotopic (exact) mass is 981 g/mol. The number of methoxy groups -OCH3 is 3. The van der Waals surface area contributed by atoms with E-state index < -0.39 is 0 Å². The average Bonchev–Trinajstić information content (AvgIpc) is 4.21. The molecule has 4 atom stereocenters. The van der Waals surface area contributed by atoms with Gasteiger partial charge >= 0.3 is 51.4 Å². The molecule has 2 bridgehead atoms. The minimum absolute atomic E-state index is 0. The van der Waals surface area contributed by atoms with Crippen LogP contribution in [0, 0.1) is 23.7 Å². The molecule has 9 rings (SSSR count). The van der Waals surface area contributed by atoms with E-state index in [4.69, 9.17) is 14.2 Å². The van der Waals surface area contributed by atoms with Crippen LogP contribution in [0.3, 0.4) is 0 Å². The third-order valence-corrected chi connectivity index (χ3v) is 11.9. The molecule has 4 nitrogen and oxygen atoms in total. The van der Waals surface area contributed by atoms with Gasteiger partial charge in [0.1, 0.15) is 17.2 Å². The second kappa shape index (κ2) is 46.2. The molecule has 70 heavy (non-hydrogen) atoms. The maximum Gasteiger partial charge on any atom is 1.00 e. The molecular formula is C65H97KO4. The van der Waals surface area contributed by atoms with Gasteiger partial charge in [-0.15, -0.1) is 5.75 Å². The van der Waals surface area contributed by atoms with Crippen LogP contribution in [0.4, 0.5) is 0 Å². The molecule has 0 spiro atoms. The normalized spacial score (nSPS) is 15.4. The molecule has 0 aromatic heterocycles. The van der Waals surface area contributed by atoms with Crippen molar-refractivity contribution in [2.24, 2.45) is 23.7 Å². The van der Waals surface area contributed by atoms with Gasteiger partial charge in [-0.05, 0) is 139 Å². The van der Waals surface area contributed by atoms with Gasteiger partial charge in [-0.25, -0.2) is 0 Å². The maximum atomic E-state index is 10.3. The molecule has 6 aromatic carbocycles. The van der Waals surface area contributed by atoms with Crippen molar-refractivity contribution in [3.05, 3.63) is 180 Å². The molecule has 0 radical (unpaired) electrons. The number of benzene rings is 6. The first kappa shape index (κ1) is 70.4. The van der Waals surface area contributed by atoms with Crippen LogP contribution >= 0.6 is 0 Å². The van der Waals surface area contributed by atoms with E-state index in [1.165, 1.54) is 63.6 Å². The Morgan fingerprint density at radius 1 is 0.443 bits per heavy atom. The Hall–Kier alpha value is -3.84. The van der Waals surface area contributed by atoms with E-state index in [9.17, 15) is 5.11 Å². The summed E-state index contributed by atoms with van der Waals surface area (Å²) >= 11 is 0. The third-order valence-electron chi connectivity index (χ3n) is 11.9. The fraction of sp³-hybridized carbons (Fsp3) is 0.446. The Morgan fingerprint density at radius 3 is 1.01 bits per heavy atom. The van der Waals surface area contributed by atoms with Crippen LogP contribution in [-0.2, 0) is 12.8 Å². The molecule has 5 heteroatoms. The van der Waals surface area contributed by atoms with E-state index in [1.54, 1.807) is 72.0 Å². The molecule has 0 saturated heterocycles. The summed E-state index contributed by atoms with van der Waals surface area (Å²) in [5, 5.41) is 10.3. The van der Waals surface area contributed by atoms with Crippen LogP contribution in [0.25, 0.3) is 11.1 Å². The molecule has 4 unspecified atom stereocenters. The van der Waals surface area contributed by atoms with Crippen molar-refractivity contribution in [3.63, 3.8) is 0 Å². The van der Waals surface area contributed by atoms with E-state index in [0.717, 1.165) is 30.1 Å². The number of hydrogen-bond acceptors (Lipinski definition) is 4. The SMILES string of the molecule is C.C1CC2C3CCC(C3)C2C1.CC.CC.CC.CC.CCc1ccc(-c2ccc(CC)cc2)cc1.COc1ccc(C(C)C)cc1.COc1ccccc1.COc1ccccc1.[K+].[O-]c1ccccc1. The largest absolute Gasteiger partial charge is 1.00 e. The Labute approximate surface area is 473 Å². The first-order chi connectivity index (χ1) is 33.3. The van der Waals surface area contributed by atoms with Crippen LogP contribution in [0.2, 0.25) is 0 Å². The standard InChI is InChI=1S/C16H18.C10H14O.C10H16.2C7H8O.C6H6O.4C2H6.CH4.K/c1-3-13-5-9-15(10-6-13)16-11-7-14(4-2)8-12-16;1-8(2)9-4-6-10(11-3)7-5-9;1-2-9-7-4-5-8(6-7)10(9)3-1;2*1-8-7-5-3-2-4-6-7;7-6-4-2-1-3-5-6;4*1-2;;/h5-12H,3-4H2,1-2H3;4-8H,1-3H3;7-10H,1-6H2;2*2-6H,1H3;1-5,7H;4*1-2H3;1H4;/q;;;;;;;;;;;+1/p-1.